The molecule has 0 amide bonds. The van der Waals surface area contributed by atoms with Crippen molar-refractivity contribution < 1.29 is 14.2 Å². The van der Waals surface area contributed by atoms with Crippen LogP contribution in [0.4, 0.5) is 4.39 Å². The molecule has 0 aliphatic carbocycles. The van der Waals surface area contributed by atoms with Crippen LogP contribution in [0.25, 0.3) is 11.1 Å². The van der Waals surface area contributed by atoms with Crippen molar-refractivity contribution in [2.24, 2.45) is 0 Å². The van der Waals surface area contributed by atoms with Crippen molar-refractivity contribution in [3.8, 4) is 22.6 Å². The molecular formula is C14H13FO2. The molecule has 88 valence electrons. The van der Waals surface area contributed by atoms with Crippen LogP contribution in [0.1, 0.15) is 6.92 Å². The second-order valence-electron chi connectivity index (χ2n) is 3.62. The van der Waals surface area contributed by atoms with Gasteiger partial charge in [0.2, 0.25) is 0 Å². The predicted octanol–water partition coefficient (Wildman–Crippen LogP) is 3.60. The van der Waals surface area contributed by atoms with Crippen molar-refractivity contribution in [2.45, 2.75) is 6.92 Å². The van der Waals surface area contributed by atoms with E-state index >= 15 is 0 Å². The first kappa shape index (κ1) is 11.5. The number of hydrogen-bond donors (Lipinski definition) is 1. The van der Waals surface area contributed by atoms with Gasteiger partial charge in [-0.15, -0.1) is 0 Å². The number of halogens is 1. The number of phenols is 1. The summed E-state index contributed by atoms with van der Waals surface area (Å²) in [5.41, 5.74) is 1.43. The van der Waals surface area contributed by atoms with Gasteiger partial charge >= 0.3 is 0 Å². The maximum atomic E-state index is 12.8. The molecule has 0 unspecified atom stereocenters. The Bertz CT molecular complexity index is 506. The fourth-order valence-corrected chi connectivity index (χ4v) is 1.65. The molecular weight excluding hydrogens is 219 g/mol. The number of ether oxygens (including phenoxy) is 1. The molecule has 0 aromatic heterocycles. The minimum atomic E-state index is -0.447. The molecule has 0 spiro atoms. The number of aromatic hydroxyl groups is 1. The lowest BCUT2D eigenvalue weighted by Gasteiger charge is -2.07. The lowest BCUT2D eigenvalue weighted by atomic mass is 10.0. The van der Waals surface area contributed by atoms with Gasteiger partial charge in [0.15, 0.2) is 0 Å². The summed E-state index contributed by atoms with van der Waals surface area (Å²) in [5.74, 6) is 0.268. The highest BCUT2D eigenvalue weighted by Gasteiger charge is 2.05. The summed E-state index contributed by atoms with van der Waals surface area (Å²) in [7, 11) is 0. The van der Waals surface area contributed by atoms with Crippen LogP contribution in [0, 0.1) is 5.82 Å². The summed E-state index contributed by atoms with van der Waals surface area (Å²) in [6.45, 7) is 2.53. The molecule has 0 radical (unpaired) electrons. The standard InChI is InChI=1S/C14H13FO2/c1-2-17-12-6-3-10(4-7-12)13-8-5-11(15)9-14(13)16/h3-9,16H,2H2,1H3. The molecule has 2 aromatic rings. The molecule has 0 aliphatic rings. The zero-order chi connectivity index (χ0) is 12.3. The van der Waals surface area contributed by atoms with Gasteiger partial charge in [0.1, 0.15) is 17.3 Å². The van der Waals surface area contributed by atoms with Crippen LogP contribution in [0.5, 0.6) is 11.5 Å². The van der Waals surface area contributed by atoms with Gasteiger partial charge in [-0.25, -0.2) is 4.39 Å². The van der Waals surface area contributed by atoms with Crippen LogP contribution >= 0.6 is 0 Å². The molecule has 0 aliphatic heterocycles. The molecule has 2 aromatic carbocycles. The van der Waals surface area contributed by atoms with Crippen molar-refractivity contribution in [1.29, 1.82) is 0 Å². The van der Waals surface area contributed by atoms with Crippen molar-refractivity contribution in [2.75, 3.05) is 6.61 Å². The van der Waals surface area contributed by atoms with Gasteiger partial charge < -0.3 is 9.84 Å². The zero-order valence-electron chi connectivity index (χ0n) is 9.48. The molecule has 17 heavy (non-hydrogen) atoms. The molecule has 2 nitrogen and oxygen atoms in total. The Balaban J connectivity index is 2.33. The second kappa shape index (κ2) is 4.87. The van der Waals surface area contributed by atoms with E-state index in [1.807, 2.05) is 31.2 Å². The fraction of sp³-hybridized carbons (Fsp3) is 0.143. The maximum absolute atomic E-state index is 12.8. The van der Waals surface area contributed by atoms with E-state index in [2.05, 4.69) is 0 Å². The predicted molar refractivity (Wildman–Crippen MR) is 64.7 cm³/mol. The Morgan fingerprint density at radius 3 is 2.41 bits per heavy atom. The van der Waals surface area contributed by atoms with Crippen LogP contribution < -0.4 is 4.74 Å². The molecule has 0 saturated carbocycles. The van der Waals surface area contributed by atoms with Gasteiger partial charge in [-0.05, 0) is 36.8 Å². The molecule has 0 bridgehead atoms. The number of rotatable bonds is 3. The summed E-state index contributed by atoms with van der Waals surface area (Å²) in [6.07, 6.45) is 0. The zero-order valence-corrected chi connectivity index (χ0v) is 9.48. The first-order valence-corrected chi connectivity index (χ1v) is 5.42. The summed E-state index contributed by atoms with van der Waals surface area (Å²) in [4.78, 5) is 0. The van der Waals surface area contributed by atoms with E-state index < -0.39 is 5.82 Å². The lowest BCUT2D eigenvalue weighted by molar-refractivity contribution is 0.340. The number of hydrogen-bond acceptors (Lipinski definition) is 2. The molecule has 1 N–H and O–H groups in total. The molecule has 0 atom stereocenters. The SMILES string of the molecule is CCOc1ccc(-c2ccc(F)cc2O)cc1. The van der Waals surface area contributed by atoms with Gasteiger partial charge in [-0.3, -0.25) is 0 Å². The van der Waals surface area contributed by atoms with Crippen LogP contribution in [0.3, 0.4) is 0 Å². The highest BCUT2D eigenvalue weighted by molar-refractivity contribution is 5.70. The first-order chi connectivity index (χ1) is 8.20. The van der Waals surface area contributed by atoms with Gasteiger partial charge in [0.25, 0.3) is 0 Å². The largest absolute Gasteiger partial charge is 0.507 e. The van der Waals surface area contributed by atoms with Crippen molar-refractivity contribution in [3.05, 3.63) is 48.3 Å². The number of phenolic OH excluding ortho intramolecular Hbond substituents is 1. The van der Waals surface area contributed by atoms with Crippen LogP contribution in [-0.2, 0) is 0 Å². The van der Waals surface area contributed by atoms with E-state index in [0.717, 1.165) is 17.4 Å². The average Bonchev–Trinajstić information content (AvgIpc) is 2.31. The third kappa shape index (κ3) is 2.56. The summed E-state index contributed by atoms with van der Waals surface area (Å²) in [6, 6.07) is 11.3. The fourth-order valence-electron chi connectivity index (χ4n) is 1.65. The average molecular weight is 232 g/mol. The van der Waals surface area contributed by atoms with Gasteiger partial charge in [-0.2, -0.15) is 0 Å². The Hall–Kier alpha value is -2.03. The Kier molecular flexibility index (Phi) is 3.28. The summed E-state index contributed by atoms with van der Waals surface area (Å²) in [5, 5.41) is 9.65. The smallest absolute Gasteiger partial charge is 0.126 e. The Labute approximate surface area is 99.3 Å². The Morgan fingerprint density at radius 1 is 1.12 bits per heavy atom. The summed E-state index contributed by atoms with van der Waals surface area (Å²) >= 11 is 0. The van der Waals surface area contributed by atoms with Crippen molar-refractivity contribution >= 4 is 0 Å². The highest BCUT2D eigenvalue weighted by Crippen LogP contribution is 2.30. The first-order valence-electron chi connectivity index (χ1n) is 5.42. The molecule has 0 fully saturated rings. The monoisotopic (exact) mass is 232 g/mol. The van der Waals surface area contributed by atoms with E-state index in [4.69, 9.17) is 4.74 Å². The van der Waals surface area contributed by atoms with Crippen molar-refractivity contribution in [3.63, 3.8) is 0 Å². The van der Waals surface area contributed by atoms with E-state index in [-0.39, 0.29) is 5.75 Å². The van der Waals surface area contributed by atoms with Crippen LogP contribution in [0.15, 0.2) is 42.5 Å². The van der Waals surface area contributed by atoms with Gasteiger partial charge in [-0.1, -0.05) is 12.1 Å². The van der Waals surface area contributed by atoms with Crippen LogP contribution in [-0.4, -0.2) is 11.7 Å². The highest BCUT2D eigenvalue weighted by atomic mass is 19.1. The van der Waals surface area contributed by atoms with Crippen LogP contribution in [0.2, 0.25) is 0 Å². The minimum Gasteiger partial charge on any atom is -0.507 e. The molecule has 0 heterocycles. The maximum Gasteiger partial charge on any atom is 0.126 e. The number of benzene rings is 2. The topological polar surface area (TPSA) is 29.5 Å². The van der Waals surface area contributed by atoms with E-state index in [1.165, 1.54) is 6.07 Å². The Morgan fingerprint density at radius 2 is 1.82 bits per heavy atom. The molecule has 0 saturated heterocycles. The summed E-state index contributed by atoms with van der Waals surface area (Å²) < 4.78 is 18.2. The van der Waals surface area contributed by atoms with Crippen molar-refractivity contribution in [1.82, 2.24) is 0 Å². The van der Waals surface area contributed by atoms with E-state index in [0.29, 0.717) is 12.2 Å². The normalized spacial score (nSPS) is 10.2. The third-order valence-corrected chi connectivity index (χ3v) is 2.44. The lowest BCUT2D eigenvalue weighted by Crippen LogP contribution is -1.90. The molecule has 2 rings (SSSR count). The van der Waals surface area contributed by atoms with Gasteiger partial charge in [0, 0.05) is 11.6 Å². The van der Waals surface area contributed by atoms with Gasteiger partial charge in [0.05, 0.1) is 6.61 Å². The molecule has 3 heteroatoms. The second-order valence-corrected chi connectivity index (χ2v) is 3.62. The quantitative estimate of drug-likeness (QED) is 0.876. The minimum absolute atomic E-state index is 0.0610. The third-order valence-electron chi connectivity index (χ3n) is 2.44. The van der Waals surface area contributed by atoms with E-state index in [9.17, 15) is 9.50 Å². The van der Waals surface area contributed by atoms with E-state index in [1.54, 1.807) is 6.07 Å².